The Bertz CT molecular complexity index is 1070. The Labute approximate surface area is 196 Å². The van der Waals surface area contributed by atoms with Crippen molar-refractivity contribution in [2.75, 3.05) is 12.4 Å². The van der Waals surface area contributed by atoms with Gasteiger partial charge < -0.3 is 14.8 Å². The van der Waals surface area contributed by atoms with Gasteiger partial charge >= 0.3 is 0 Å². The molecule has 3 rings (SSSR count). The Balaban J connectivity index is 1.46. The van der Waals surface area contributed by atoms with Crippen LogP contribution in [-0.2, 0) is 14.8 Å². The maximum Gasteiger partial charge on any atom is 0.279 e. The van der Waals surface area contributed by atoms with Gasteiger partial charge in [-0.25, -0.2) is 18.5 Å². The molecule has 1 saturated carbocycles. The Morgan fingerprint density at radius 3 is 2.91 bits per heavy atom. The first-order valence-electron chi connectivity index (χ1n) is 10.2. The molecule has 8 nitrogen and oxygen atoms in total. The Morgan fingerprint density at radius 2 is 2.22 bits per heavy atom. The molecule has 1 aliphatic rings. The van der Waals surface area contributed by atoms with Crippen LogP contribution in [0.2, 0.25) is 5.02 Å². The molecule has 3 N–H and O–H groups in total. The highest BCUT2D eigenvalue weighted by Crippen LogP contribution is 2.35. The topological polar surface area (TPSA) is 121 Å². The predicted molar refractivity (Wildman–Crippen MR) is 126 cm³/mol. The fourth-order valence-corrected chi connectivity index (χ4v) is 4.13. The number of carbonyl (C=O) groups excluding carboxylic acids is 1. The Morgan fingerprint density at radius 1 is 1.44 bits per heavy atom. The summed E-state index contributed by atoms with van der Waals surface area (Å²) in [6, 6.07) is 5.09. The number of amides is 1. The lowest BCUT2D eigenvalue weighted by Gasteiger charge is -2.09. The number of thiazole rings is 1. The zero-order chi connectivity index (χ0) is 23.1. The molecular weight excluding hydrogens is 474 g/mol. The van der Waals surface area contributed by atoms with Crippen LogP contribution >= 0.6 is 22.9 Å². The molecule has 1 aromatic heterocycles. The summed E-state index contributed by atoms with van der Waals surface area (Å²) in [5.74, 6) is 1.43. The molecule has 1 aliphatic carbocycles. The number of hydrogen-bond donors (Lipinski definition) is 2. The molecule has 1 aromatic carbocycles. The van der Waals surface area contributed by atoms with Crippen molar-refractivity contribution in [1.82, 2.24) is 10.3 Å². The number of nitrogens with two attached hydrogens (primary N) is 1. The Hall–Kier alpha value is -2.14. The van der Waals surface area contributed by atoms with Crippen LogP contribution in [0.15, 0.2) is 30.5 Å². The molecule has 1 amide bonds. The van der Waals surface area contributed by atoms with Crippen LogP contribution in [0.3, 0.4) is 0 Å². The van der Waals surface area contributed by atoms with Gasteiger partial charge in [0.25, 0.3) is 5.19 Å². The van der Waals surface area contributed by atoms with E-state index in [1.54, 1.807) is 18.3 Å². The summed E-state index contributed by atoms with van der Waals surface area (Å²) in [4.78, 5) is 16.9. The van der Waals surface area contributed by atoms with Crippen LogP contribution in [0, 0.1) is 5.92 Å². The van der Waals surface area contributed by atoms with Crippen molar-refractivity contribution >= 4 is 44.9 Å². The lowest BCUT2D eigenvalue weighted by atomic mass is 10.2. The molecule has 32 heavy (non-hydrogen) atoms. The van der Waals surface area contributed by atoms with E-state index in [0.717, 1.165) is 10.6 Å². The maximum atomic E-state index is 11.9. The molecule has 0 bridgehead atoms. The van der Waals surface area contributed by atoms with Crippen molar-refractivity contribution in [3.8, 4) is 16.7 Å². The first-order valence-corrected chi connectivity index (χ1v) is 13.1. The molecular formula is C21H26ClN3O5S2. The van der Waals surface area contributed by atoms with Gasteiger partial charge in [-0.2, -0.15) is 0 Å². The minimum atomic E-state index is -3.55. The number of sulfonamides is 1. The van der Waals surface area contributed by atoms with Crippen molar-refractivity contribution in [2.45, 2.75) is 38.6 Å². The van der Waals surface area contributed by atoms with Crippen LogP contribution in [-0.4, -0.2) is 37.7 Å². The number of carbonyl (C=O) groups is 1. The van der Waals surface area contributed by atoms with E-state index >= 15 is 0 Å². The SMILES string of the molecule is C[C@@H](/C=C/c1cnc(Oc2ccc(OCC3CC3)cc2Cl)s1)NC(=O)CCCS(N)(=O)=O. The standard InChI is InChI=1S/C21H26ClN3O5S2/c1-14(25-20(26)3-2-10-32(23,27)28)4-8-17-12-24-21(31-17)30-19-9-7-16(11-18(19)22)29-13-15-5-6-15/h4,7-9,11-12,14-15H,2-3,5-6,10,13H2,1H3,(H,25,26)(H2,23,27,28)/b8-4+/t14-/m0/s1. The highest BCUT2D eigenvalue weighted by atomic mass is 35.5. The number of halogens is 1. The maximum absolute atomic E-state index is 11.9. The van der Waals surface area contributed by atoms with Gasteiger partial charge in [0.2, 0.25) is 15.9 Å². The van der Waals surface area contributed by atoms with Gasteiger partial charge in [-0.15, -0.1) is 0 Å². The van der Waals surface area contributed by atoms with Crippen molar-refractivity contribution in [3.05, 3.63) is 40.4 Å². The first-order chi connectivity index (χ1) is 15.2. The van der Waals surface area contributed by atoms with Crippen molar-refractivity contribution < 1.29 is 22.7 Å². The van der Waals surface area contributed by atoms with E-state index in [0.29, 0.717) is 28.5 Å². The summed E-state index contributed by atoms with van der Waals surface area (Å²) in [6.45, 7) is 2.53. The average molecular weight is 500 g/mol. The zero-order valence-electron chi connectivity index (χ0n) is 17.6. The van der Waals surface area contributed by atoms with Crippen molar-refractivity contribution in [1.29, 1.82) is 0 Å². The van der Waals surface area contributed by atoms with Crippen LogP contribution in [0.4, 0.5) is 0 Å². The molecule has 174 valence electrons. The van der Waals surface area contributed by atoms with Gasteiger partial charge in [-0.1, -0.05) is 29.0 Å². The second-order valence-corrected chi connectivity index (χ2v) is 10.8. The second-order valence-electron chi connectivity index (χ2n) is 7.66. The number of hydrogen-bond acceptors (Lipinski definition) is 7. The summed E-state index contributed by atoms with van der Waals surface area (Å²) in [5, 5.41) is 8.60. The zero-order valence-corrected chi connectivity index (χ0v) is 20.0. The third-order valence-electron chi connectivity index (χ3n) is 4.56. The monoisotopic (exact) mass is 499 g/mol. The normalized spacial score (nSPS) is 15.0. The van der Waals surface area contributed by atoms with E-state index in [9.17, 15) is 13.2 Å². The van der Waals surface area contributed by atoms with Crippen LogP contribution in [0.25, 0.3) is 6.08 Å². The Kier molecular flexibility index (Phi) is 8.52. The summed E-state index contributed by atoms with van der Waals surface area (Å²) >= 11 is 7.64. The number of nitrogens with one attached hydrogen (secondary N) is 1. The van der Waals surface area contributed by atoms with Gasteiger partial charge in [-0.05, 0) is 50.3 Å². The van der Waals surface area contributed by atoms with E-state index in [1.807, 2.05) is 25.1 Å². The molecule has 1 fully saturated rings. The number of benzene rings is 1. The predicted octanol–water partition coefficient (Wildman–Crippen LogP) is 3.96. The largest absolute Gasteiger partial charge is 0.493 e. The van der Waals surface area contributed by atoms with Crippen LogP contribution in [0.5, 0.6) is 16.7 Å². The molecule has 11 heteroatoms. The van der Waals surface area contributed by atoms with Gasteiger partial charge in [0.15, 0.2) is 0 Å². The number of rotatable bonds is 12. The van der Waals surface area contributed by atoms with Crippen molar-refractivity contribution in [3.63, 3.8) is 0 Å². The summed E-state index contributed by atoms with van der Waals surface area (Å²) in [6.07, 6.45) is 8.04. The molecule has 0 aliphatic heterocycles. The van der Waals surface area contributed by atoms with Gasteiger partial charge in [0.05, 0.1) is 22.3 Å². The third kappa shape index (κ3) is 8.78. The first kappa shape index (κ1) is 24.5. The minimum absolute atomic E-state index is 0.0956. The molecule has 0 saturated heterocycles. The van der Waals surface area contributed by atoms with E-state index in [2.05, 4.69) is 10.3 Å². The summed E-state index contributed by atoms with van der Waals surface area (Å²) in [5.41, 5.74) is 0. The molecule has 1 atom stereocenters. The number of nitrogens with zero attached hydrogens (tertiary/aromatic N) is 1. The molecule has 0 unspecified atom stereocenters. The molecule has 0 spiro atoms. The van der Waals surface area contributed by atoms with E-state index in [4.69, 9.17) is 26.2 Å². The molecule has 0 radical (unpaired) electrons. The quantitative estimate of drug-likeness (QED) is 0.456. The highest BCUT2D eigenvalue weighted by Gasteiger charge is 2.22. The summed E-state index contributed by atoms with van der Waals surface area (Å²) < 4.78 is 33.3. The van der Waals surface area contributed by atoms with Gasteiger partial charge in [0, 0.05) is 24.7 Å². The highest BCUT2D eigenvalue weighted by molar-refractivity contribution is 7.89. The van der Waals surface area contributed by atoms with E-state index < -0.39 is 10.0 Å². The number of primary sulfonamides is 1. The molecule has 2 aromatic rings. The van der Waals surface area contributed by atoms with E-state index in [-0.39, 0.29) is 30.5 Å². The third-order valence-corrected chi connectivity index (χ3v) is 6.55. The summed E-state index contributed by atoms with van der Waals surface area (Å²) in [7, 11) is -3.55. The number of ether oxygens (including phenoxy) is 2. The fraction of sp³-hybridized carbons (Fsp3) is 0.429. The lowest BCUT2D eigenvalue weighted by molar-refractivity contribution is -0.121. The number of aromatic nitrogens is 1. The second kappa shape index (κ2) is 11.1. The van der Waals surface area contributed by atoms with Crippen LogP contribution < -0.4 is 19.9 Å². The van der Waals surface area contributed by atoms with E-state index in [1.165, 1.54) is 24.2 Å². The van der Waals surface area contributed by atoms with Crippen molar-refractivity contribution in [2.24, 2.45) is 11.1 Å². The van der Waals surface area contributed by atoms with Crippen LogP contribution in [0.1, 0.15) is 37.5 Å². The van der Waals surface area contributed by atoms with Gasteiger partial charge in [-0.3, -0.25) is 4.79 Å². The average Bonchev–Trinajstić information content (AvgIpc) is 3.43. The van der Waals surface area contributed by atoms with Gasteiger partial charge in [0.1, 0.15) is 11.5 Å². The lowest BCUT2D eigenvalue weighted by Crippen LogP contribution is -2.31. The smallest absolute Gasteiger partial charge is 0.279 e. The fourth-order valence-electron chi connectivity index (χ4n) is 2.69. The molecule has 1 heterocycles. The minimum Gasteiger partial charge on any atom is -0.493 e.